The van der Waals surface area contributed by atoms with Crippen LogP contribution in [0.15, 0.2) is 0 Å². The Labute approximate surface area is 128 Å². The predicted molar refractivity (Wildman–Crippen MR) is 91.6 cm³/mol. The second kappa shape index (κ2) is 16.7. The lowest BCUT2D eigenvalue weighted by molar-refractivity contribution is -0.0389. The van der Waals surface area contributed by atoms with Crippen LogP contribution in [0.1, 0.15) is 78.6 Å². The number of ether oxygens (including phenoxy) is 1. The average molecular weight is 309 g/mol. The van der Waals surface area contributed by atoms with E-state index in [-0.39, 0.29) is 9.90 Å². The van der Waals surface area contributed by atoms with Gasteiger partial charge >= 0.3 is 6.16 Å². The van der Waals surface area contributed by atoms with E-state index in [4.69, 9.17) is 9.84 Å². The molecule has 5 heteroatoms. The smallest absolute Gasteiger partial charge is 0.450 e. The third kappa shape index (κ3) is 12.7. The highest BCUT2D eigenvalue weighted by atomic mass is 31.0. The largest absolute Gasteiger partial charge is 0.506 e. The van der Waals surface area contributed by atoms with Crippen molar-refractivity contribution in [2.24, 2.45) is 5.73 Å². The monoisotopic (exact) mass is 309 g/mol. The molecule has 0 aromatic carbocycles. The van der Waals surface area contributed by atoms with E-state index in [2.05, 4.69) is 26.5 Å². The van der Waals surface area contributed by atoms with Gasteiger partial charge in [-0.05, 0) is 45.6 Å². The first kappa shape index (κ1) is 24.7. The molecule has 0 aliphatic rings. The molecule has 0 fully saturated rings. The summed E-state index contributed by atoms with van der Waals surface area (Å²) in [4.78, 5) is 10.9. The van der Waals surface area contributed by atoms with E-state index in [1.54, 1.807) is 0 Å². The number of unbranched alkanes of at least 4 members (excludes halogenated alkanes) is 3. The molecule has 124 valence electrons. The molecular formula is C15H36NO3P. The summed E-state index contributed by atoms with van der Waals surface area (Å²) >= 11 is 0. The molecule has 0 radical (unpaired) electrons. The van der Waals surface area contributed by atoms with Gasteiger partial charge in [-0.25, -0.2) is 4.79 Å². The lowest BCUT2D eigenvalue weighted by atomic mass is 9.86. The van der Waals surface area contributed by atoms with Crippen LogP contribution in [0, 0.1) is 0 Å². The minimum Gasteiger partial charge on any atom is -0.450 e. The highest BCUT2D eigenvalue weighted by Gasteiger charge is 2.32. The fraction of sp³-hybridized carbons (Fsp3) is 0.933. The van der Waals surface area contributed by atoms with Crippen molar-refractivity contribution in [2.45, 2.75) is 84.2 Å². The molecule has 0 spiro atoms. The van der Waals surface area contributed by atoms with Gasteiger partial charge in [-0.3, -0.25) is 0 Å². The molecule has 0 aliphatic carbocycles. The molecule has 0 heterocycles. The van der Waals surface area contributed by atoms with Crippen LogP contribution < -0.4 is 5.73 Å². The van der Waals surface area contributed by atoms with Crippen molar-refractivity contribution >= 4 is 16.1 Å². The van der Waals surface area contributed by atoms with Gasteiger partial charge in [0.05, 0.1) is 0 Å². The summed E-state index contributed by atoms with van der Waals surface area (Å²) in [7, 11) is 1.50. The van der Waals surface area contributed by atoms with Gasteiger partial charge in [0.1, 0.15) is 5.60 Å². The van der Waals surface area contributed by atoms with E-state index in [1.807, 2.05) is 0 Å². The van der Waals surface area contributed by atoms with Gasteiger partial charge in [0.2, 0.25) is 0 Å². The third-order valence-corrected chi connectivity index (χ3v) is 3.26. The Bertz CT molecular complexity index is 192. The van der Waals surface area contributed by atoms with Crippen LogP contribution in [-0.4, -0.2) is 23.9 Å². The maximum atomic E-state index is 10.9. The van der Waals surface area contributed by atoms with Crippen LogP contribution in [0.3, 0.4) is 0 Å². The number of hydrogen-bond donors (Lipinski definition) is 2. The molecule has 1 unspecified atom stereocenters. The van der Waals surface area contributed by atoms with Crippen LogP contribution in [0.25, 0.3) is 0 Å². The second-order valence-electron chi connectivity index (χ2n) is 4.86. The Hall–Kier alpha value is -0.340. The number of hydrogen-bond acceptors (Lipinski definition) is 3. The van der Waals surface area contributed by atoms with E-state index >= 15 is 0 Å². The lowest BCUT2D eigenvalue weighted by Gasteiger charge is -2.32. The molecule has 0 rings (SSSR count). The Morgan fingerprint density at radius 2 is 1.25 bits per heavy atom. The first-order chi connectivity index (χ1) is 9.10. The predicted octanol–water partition coefficient (Wildman–Crippen LogP) is 4.62. The fourth-order valence-electron chi connectivity index (χ4n) is 2.21. The second-order valence-corrected chi connectivity index (χ2v) is 4.86. The standard InChI is InChI=1S/C14H28O3.CH5N.H3P/c1-4-7-10-14(11-8-5-2,12-9-6-3)17-13(15)16;1-2;/h4-12H2,1-3H3,(H,15,16);2H2,1H3;1H3. The van der Waals surface area contributed by atoms with Crippen LogP contribution in [-0.2, 0) is 4.74 Å². The first-order valence-corrected chi connectivity index (χ1v) is 7.60. The summed E-state index contributed by atoms with van der Waals surface area (Å²) in [6.07, 6.45) is 7.88. The third-order valence-electron chi connectivity index (χ3n) is 3.26. The van der Waals surface area contributed by atoms with E-state index < -0.39 is 11.8 Å². The number of carbonyl (C=O) groups is 1. The molecule has 0 saturated carbocycles. The summed E-state index contributed by atoms with van der Waals surface area (Å²) in [6, 6.07) is 0. The maximum Gasteiger partial charge on any atom is 0.506 e. The van der Waals surface area contributed by atoms with Crippen molar-refractivity contribution in [2.75, 3.05) is 7.05 Å². The molecule has 0 amide bonds. The molecule has 4 nitrogen and oxygen atoms in total. The van der Waals surface area contributed by atoms with Crippen LogP contribution in [0.2, 0.25) is 0 Å². The minimum absolute atomic E-state index is 0. The van der Waals surface area contributed by atoms with Gasteiger partial charge in [-0.2, -0.15) is 9.90 Å². The molecule has 20 heavy (non-hydrogen) atoms. The van der Waals surface area contributed by atoms with Crippen molar-refractivity contribution in [3.63, 3.8) is 0 Å². The number of carboxylic acid groups (broad SMARTS) is 1. The van der Waals surface area contributed by atoms with Gasteiger partial charge in [0.15, 0.2) is 0 Å². The lowest BCUT2D eigenvalue weighted by Crippen LogP contribution is -2.35. The zero-order valence-electron chi connectivity index (χ0n) is 13.9. The number of rotatable bonds is 10. The molecule has 0 aromatic heterocycles. The minimum atomic E-state index is -1.12. The van der Waals surface area contributed by atoms with Crippen LogP contribution in [0.4, 0.5) is 4.79 Å². The van der Waals surface area contributed by atoms with Gasteiger partial charge < -0.3 is 15.6 Å². The van der Waals surface area contributed by atoms with Crippen molar-refractivity contribution < 1.29 is 14.6 Å². The Balaban J connectivity index is -0.000000916. The molecule has 0 bridgehead atoms. The van der Waals surface area contributed by atoms with Gasteiger partial charge in [0, 0.05) is 0 Å². The molecule has 1 atom stereocenters. The molecule has 0 aromatic rings. The molecule has 0 saturated heterocycles. The fourth-order valence-corrected chi connectivity index (χ4v) is 2.21. The molecule has 0 aliphatic heterocycles. The first-order valence-electron chi connectivity index (χ1n) is 7.60. The van der Waals surface area contributed by atoms with Crippen LogP contribution >= 0.6 is 9.90 Å². The summed E-state index contributed by atoms with van der Waals surface area (Å²) in [6.45, 7) is 6.39. The highest BCUT2D eigenvalue weighted by Crippen LogP contribution is 2.31. The van der Waals surface area contributed by atoms with E-state index in [0.717, 1.165) is 57.8 Å². The van der Waals surface area contributed by atoms with Crippen molar-refractivity contribution in [1.29, 1.82) is 0 Å². The zero-order chi connectivity index (χ0) is 15.1. The van der Waals surface area contributed by atoms with Gasteiger partial charge in [-0.15, -0.1) is 0 Å². The topological polar surface area (TPSA) is 72.5 Å². The maximum absolute atomic E-state index is 10.9. The van der Waals surface area contributed by atoms with E-state index in [0.29, 0.717) is 0 Å². The van der Waals surface area contributed by atoms with E-state index in [1.165, 1.54) is 7.05 Å². The average Bonchev–Trinajstić information content (AvgIpc) is 2.42. The Morgan fingerprint density at radius 3 is 1.45 bits per heavy atom. The molecule has 3 N–H and O–H groups in total. The Morgan fingerprint density at radius 1 is 0.950 bits per heavy atom. The zero-order valence-corrected chi connectivity index (χ0v) is 15.3. The summed E-state index contributed by atoms with van der Waals surface area (Å²) in [5.74, 6) is 0. The van der Waals surface area contributed by atoms with Crippen molar-refractivity contribution in [1.82, 2.24) is 0 Å². The van der Waals surface area contributed by atoms with Gasteiger partial charge in [0.25, 0.3) is 0 Å². The summed E-state index contributed by atoms with van der Waals surface area (Å²) in [5.41, 5.74) is 4.08. The summed E-state index contributed by atoms with van der Waals surface area (Å²) in [5, 5.41) is 8.92. The SMILES string of the molecule is CCCCC(CCCC)(CCCC)OC(=O)O.CN.P. The highest BCUT2D eigenvalue weighted by molar-refractivity contribution is 6.92. The van der Waals surface area contributed by atoms with Crippen molar-refractivity contribution in [3.05, 3.63) is 0 Å². The van der Waals surface area contributed by atoms with Crippen LogP contribution in [0.5, 0.6) is 0 Å². The van der Waals surface area contributed by atoms with Gasteiger partial charge in [-0.1, -0.05) is 40.0 Å². The quantitative estimate of drug-likeness (QED) is 0.456. The normalized spacial score (nSPS) is 10.1. The Kier molecular flexibility index (Phi) is 20.6. The summed E-state index contributed by atoms with van der Waals surface area (Å²) < 4.78 is 5.26. The number of nitrogens with two attached hydrogens (primary N) is 1. The van der Waals surface area contributed by atoms with Crippen molar-refractivity contribution in [3.8, 4) is 0 Å². The van der Waals surface area contributed by atoms with E-state index in [9.17, 15) is 4.79 Å². The molecular weight excluding hydrogens is 273 g/mol.